The minimum absolute atomic E-state index is 0.00620. The Morgan fingerprint density at radius 1 is 1.33 bits per heavy atom. The van der Waals surface area contributed by atoms with E-state index in [1.165, 1.54) is 13.0 Å². The van der Waals surface area contributed by atoms with Crippen molar-refractivity contribution in [2.75, 3.05) is 6.61 Å². The van der Waals surface area contributed by atoms with Crippen molar-refractivity contribution >= 4 is 5.97 Å². The summed E-state index contributed by atoms with van der Waals surface area (Å²) >= 11 is 0. The molecule has 0 amide bonds. The summed E-state index contributed by atoms with van der Waals surface area (Å²) in [5.74, 6) is -10.3. The summed E-state index contributed by atoms with van der Waals surface area (Å²) in [6.45, 7) is 1.27. The van der Waals surface area contributed by atoms with Gasteiger partial charge in [0.15, 0.2) is 29.2 Å². The molecule has 7 heteroatoms. The zero-order valence-electron chi connectivity index (χ0n) is 9.14. The van der Waals surface area contributed by atoms with Crippen LogP contribution in [0.15, 0.2) is 6.07 Å². The number of rotatable bonds is 3. The van der Waals surface area contributed by atoms with Crippen LogP contribution < -0.4 is 0 Å². The topological polar surface area (TPSA) is 50.1 Å². The number of nitrogens with zero attached hydrogens (tertiary/aromatic N) is 1. The van der Waals surface area contributed by atoms with Gasteiger partial charge in [0, 0.05) is 6.07 Å². The molecule has 1 unspecified atom stereocenters. The lowest BCUT2D eigenvalue weighted by Crippen LogP contribution is -2.18. The first-order valence-corrected chi connectivity index (χ1v) is 4.83. The molecule has 1 aromatic rings. The molecule has 0 aliphatic carbocycles. The van der Waals surface area contributed by atoms with Crippen molar-refractivity contribution in [3.05, 3.63) is 34.9 Å². The van der Waals surface area contributed by atoms with Crippen LogP contribution in [0.2, 0.25) is 0 Å². The van der Waals surface area contributed by atoms with E-state index in [1.54, 1.807) is 0 Å². The monoisotopic (exact) mass is 261 g/mol. The quantitative estimate of drug-likeness (QED) is 0.477. The van der Waals surface area contributed by atoms with Crippen LogP contribution in [-0.2, 0) is 9.53 Å². The molecule has 3 nitrogen and oxygen atoms in total. The van der Waals surface area contributed by atoms with E-state index < -0.39 is 40.7 Å². The molecular weight excluding hydrogens is 254 g/mol. The third-order valence-electron chi connectivity index (χ3n) is 2.09. The highest BCUT2D eigenvalue weighted by molar-refractivity contribution is 5.81. The molecule has 0 fully saturated rings. The van der Waals surface area contributed by atoms with E-state index in [0.29, 0.717) is 0 Å². The standard InChI is InChI=1S/C11H7F4NO2/c1-2-18-11(17)5(4-16)8-9(14)6(12)3-7(13)10(8)15/h3,5H,2H2,1H3. The second-order valence-corrected chi connectivity index (χ2v) is 3.20. The maximum absolute atomic E-state index is 13.3. The first-order valence-electron chi connectivity index (χ1n) is 4.83. The summed E-state index contributed by atoms with van der Waals surface area (Å²) in [5, 5.41) is 8.68. The number of benzene rings is 1. The van der Waals surface area contributed by atoms with Crippen LogP contribution in [0.3, 0.4) is 0 Å². The van der Waals surface area contributed by atoms with Gasteiger partial charge in [-0.1, -0.05) is 0 Å². The van der Waals surface area contributed by atoms with Crippen molar-refractivity contribution in [1.82, 2.24) is 0 Å². The van der Waals surface area contributed by atoms with Gasteiger partial charge in [0.2, 0.25) is 0 Å². The number of hydrogen-bond acceptors (Lipinski definition) is 3. The molecule has 0 spiro atoms. The Hall–Kier alpha value is -2.10. The minimum Gasteiger partial charge on any atom is -0.465 e. The fraction of sp³-hybridized carbons (Fsp3) is 0.273. The van der Waals surface area contributed by atoms with Gasteiger partial charge in [-0.2, -0.15) is 5.26 Å². The molecule has 0 saturated carbocycles. The highest BCUT2D eigenvalue weighted by atomic mass is 19.2. The molecule has 18 heavy (non-hydrogen) atoms. The summed E-state index contributed by atoms with van der Waals surface area (Å²) in [5.41, 5.74) is -1.28. The van der Waals surface area contributed by atoms with Crippen LogP contribution in [0.4, 0.5) is 17.6 Å². The first kappa shape index (κ1) is 14.0. The molecule has 96 valence electrons. The van der Waals surface area contributed by atoms with Gasteiger partial charge in [0.25, 0.3) is 0 Å². The van der Waals surface area contributed by atoms with Gasteiger partial charge in [-0.15, -0.1) is 0 Å². The average molecular weight is 261 g/mol. The third-order valence-corrected chi connectivity index (χ3v) is 2.09. The lowest BCUT2D eigenvalue weighted by molar-refractivity contribution is -0.143. The van der Waals surface area contributed by atoms with Crippen molar-refractivity contribution in [3.8, 4) is 6.07 Å². The number of ether oxygens (including phenoxy) is 1. The maximum Gasteiger partial charge on any atom is 0.328 e. The van der Waals surface area contributed by atoms with E-state index >= 15 is 0 Å². The van der Waals surface area contributed by atoms with E-state index in [4.69, 9.17) is 5.26 Å². The summed E-state index contributed by atoms with van der Waals surface area (Å²) in [7, 11) is 0. The van der Waals surface area contributed by atoms with Crippen molar-refractivity contribution in [2.45, 2.75) is 12.8 Å². The van der Waals surface area contributed by atoms with Gasteiger partial charge in [-0.05, 0) is 6.92 Å². The number of carbonyl (C=O) groups is 1. The zero-order valence-corrected chi connectivity index (χ0v) is 9.14. The van der Waals surface area contributed by atoms with Crippen molar-refractivity contribution in [1.29, 1.82) is 5.26 Å². The van der Waals surface area contributed by atoms with E-state index in [9.17, 15) is 22.4 Å². The van der Waals surface area contributed by atoms with Gasteiger partial charge < -0.3 is 4.74 Å². The Balaban J connectivity index is 3.39. The molecule has 0 aliphatic heterocycles. The minimum atomic E-state index is -2.06. The molecule has 0 aliphatic rings. The molecule has 1 atom stereocenters. The highest BCUT2D eigenvalue weighted by Gasteiger charge is 2.32. The normalized spacial score (nSPS) is 11.8. The van der Waals surface area contributed by atoms with E-state index in [2.05, 4.69) is 4.74 Å². The number of hydrogen-bond donors (Lipinski definition) is 0. The van der Waals surface area contributed by atoms with Gasteiger partial charge >= 0.3 is 5.97 Å². The van der Waals surface area contributed by atoms with Crippen LogP contribution >= 0.6 is 0 Å². The van der Waals surface area contributed by atoms with Gasteiger partial charge in [-0.25, -0.2) is 17.6 Å². The Bertz CT molecular complexity index is 499. The predicted octanol–water partition coefficient (Wildman–Crippen LogP) is 2.41. The van der Waals surface area contributed by atoms with Crippen molar-refractivity contribution in [3.63, 3.8) is 0 Å². The first-order chi connectivity index (χ1) is 8.43. The zero-order chi connectivity index (χ0) is 13.9. The smallest absolute Gasteiger partial charge is 0.328 e. The summed E-state index contributed by atoms with van der Waals surface area (Å²) in [4.78, 5) is 11.3. The second kappa shape index (κ2) is 5.49. The average Bonchev–Trinajstić information content (AvgIpc) is 2.32. The molecule has 1 aromatic carbocycles. The lowest BCUT2D eigenvalue weighted by atomic mass is 9.99. The SMILES string of the molecule is CCOC(=O)C(C#N)c1c(F)c(F)cc(F)c1F. The molecular formula is C11H7F4NO2. The Kier molecular flexibility index (Phi) is 4.26. The number of esters is 1. The number of nitriles is 1. The fourth-order valence-electron chi connectivity index (χ4n) is 1.31. The molecule has 0 radical (unpaired) electrons. The van der Waals surface area contributed by atoms with E-state index in [-0.39, 0.29) is 12.7 Å². The Labute approximate surface area is 99.6 Å². The molecule has 0 aromatic heterocycles. The summed E-state index contributed by atoms with van der Waals surface area (Å²) < 4.78 is 56.9. The Morgan fingerprint density at radius 2 is 1.83 bits per heavy atom. The number of halogens is 4. The van der Waals surface area contributed by atoms with E-state index in [1.807, 2.05) is 0 Å². The van der Waals surface area contributed by atoms with Crippen LogP contribution in [-0.4, -0.2) is 12.6 Å². The molecule has 1 rings (SSSR count). The van der Waals surface area contributed by atoms with Gasteiger partial charge in [0.1, 0.15) is 0 Å². The molecule has 0 heterocycles. The van der Waals surface area contributed by atoms with Crippen molar-refractivity contribution < 1.29 is 27.1 Å². The highest BCUT2D eigenvalue weighted by Crippen LogP contribution is 2.27. The Morgan fingerprint density at radius 3 is 2.22 bits per heavy atom. The van der Waals surface area contributed by atoms with Crippen LogP contribution in [0.1, 0.15) is 18.4 Å². The van der Waals surface area contributed by atoms with E-state index in [0.717, 1.165) is 0 Å². The second-order valence-electron chi connectivity index (χ2n) is 3.20. The lowest BCUT2D eigenvalue weighted by Gasteiger charge is -2.11. The van der Waals surface area contributed by atoms with Crippen LogP contribution in [0, 0.1) is 34.6 Å². The fourth-order valence-corrected chi connectivity index (χ4v) is 1.31. The molecule has 0 N–H and O–H groups in total. The van der Waals surface area contributed by atoms with Crippen LogP contribution in [0.25, 0.3) is 0 Å². The van der Waals surface area contributed by atoms with Gasteiger partial charge in [-0.3, -0.25) is 4.79 Å². The maximum atomic E-state index is 13.3. The number of carbonyl (C=O) groups excluding carboxylic acids is 1. The van der Waals surface area contributed by atoms with Crippen molar-refractivity contribution in [2.24, 2.45) is 0 Å². The molecule has 0 bridgehead atoms. The van der Waals surface area contributed by atoms with Crippen LogP contribution in [0.5, 0.6) is 0 Å². The predicted molar refractivity (Wildman–Crippen MR) is 51.3 cm³/mol. The molecule has 0 saturated heterocycles. The third kappa shape index (κ3) is 2.42. The summed E-state index contributed by atoms with van der Waals surface area (Å²) in [6, 6.07) is 1.24. The summed E-state index contributed by atoms with van der Waals surface area (Å²) in [6.07, 6.45) is 0. The van der Waals surface area contributed by atoms with Gasteiger partial charge in [0.05, 0.1) is 18.2 Å². The largest absolute Gasteiger partial charge is 0.465 e.